The first kappa shape index (κ1) is 25.1. The van der Waals surface area contributed by atoms with E-state index >= 15 is 0 Å². The average Bonchev–Trinajstić information content (AvgIpc) is 2.89. The van der Waals surface area contributed by atoms with Gasteiger partial charge in [-0.15, -0.1) is 0 Å². The molecule has 1 amide bonds. The molecule has 0 aromatic heterocycles. The van der Waals surface area contributed by atoms with Crippen molar-refractivity contribution in [1.82, 2.24) is 10.2 Å². The fraction of sp³-hybridized carbons (Fsp3) is 0.345. The first-order chi connectivity index (χ1) is 17.1. The number of likely N-dealkylation sites (tertiary alicyclic amines) is 1. The van der Waals surface area contributed by atoms with Gasteiger partial charge in [-0.3, -0.25) is 4.79 Å². The molecule has 35 heavy (non-hydrogen) atoms. The zero-order chi connectivity index (χ0) is 24.6. The van der Waals surface area contributed by atoms with Crippen LogP contribution in [-0.4, -0.2) is 50.2 Å². The number of ether oxygens (including phenoxy) is 2. The van der Waals surface area contributed by atoms with Crippen LogP contribution in [0.15, 0.2) is 72.8 Å². The molecule has 0 unspecified atom stereocenters. The number of nitrogens with zero attached hydrogens (tertiary/aromatic N) is 1. The maximum atomic E-state index is 13.7. The van der Waals surface area contributed by atoms with Gasteiger partial charge in [0.1, 0.15) is 11.5 Å². The van der Waals surface area contributed by atoms with Crippen molar-refractivity contribution < 1.29 is 14.3 Å². The minimum absolute atomic E-state index is 0.0144. The number of nitrogens with one attached hydrogen (secondary N) is 1. The molecule has 3 aromatic carbocycles. The summed E-state index contributed by atoms with van der Waals surface area (Å²) in [5.74, 6) is 1.25. The van der Waals surface area contributed by atoms with E-state index in [4.69, 9.17) is 21.1 Å². The number of hydrogen-bond donors (Lipinski definition) is 1. The van der Waals surface area contributed by atoms with Crippen molar-refractivity contribution in [2.75, 3.05) is 27.3 Å². The van der Waals surface area contributed by atoms with Crippen LogP contribution in [0.2, 0.25) is 5.02 Å². The maximum absolute atomic E-state index is 13.7. The second kappa shape index (κ2) is 12.1. The smallest absolute Gasteiger partial charge is 0.254 e. The minimum Gasteiger partial charge on any atom is -0.497 e. The number of benzene rings is 3. The fourth-order valence-corrected chi connectivity index (χ4v) is 5.01. The van der Waals surface area contributed by atoms with Crippen LogP contribution < -0.4 is 14.8 Å². The van der Waals surface area contributed by atoms with Crippen LogP contribution in [0, 0.1) is 0 Å². The van der Waals surface area contributed by atoms with Gasteiger partial charge in [-0.2, -0.15) is 0 Å². The normalized spacial score (nSPS) is 17.7. The summed E-state index contributed by atoms with van der Waals surface area (Å²) in [4.78, 5) is 15.7. The summed E-state index contributed by atoms with van der Waals surface area (Å²) >= 11 is 6.13. The predicted molar refractivity (Wildman–Crippen MR) is 141 cm³/mol. The molecule has 1 fully saturated rings. The van der Waals surface area contributed by atoms with Crippen molar-refractivity contribution in [3.63, 3.8) is 0 Å². The summed E-state index contributed by atoms with van der Waals surface area (Å²) < 4.78 is 10.8. The number of halogens is 1. The van der Waals surface area contributed by atoms with Crippen LogP contribution in [0.4, 0.5) is 0 Å². The Hall–Kier alpha value is -3.02. The second-order valence-corrected chi connectivity index (χ2v) is 9.44. The molecule has 1 aliphatic rings. The lowest BCUT2D eigenvalue weighted by molar-refractivity contribution is 0.0577. The van der Waals surface area contributed by atoms with Gasteiger partial charge in [-0.05, 0) is 67.6 Å². The van der Waals surface area contributed by atoms with Gasteiger partial charge in [0, 0.05) is 35.3 Å². The topological polar surface area (TPSA) is 50.8 Å². The van der Waals surface area contributed by atoms with E-state index in [9.17, 15) is 4.79 Å². The highest BCUT2D eigenvalue weighted by molar-refractivity contribution is 6.30. The first-order valence-corrected chi connectivity index (χ1v) is 12.5. The van der Waals surface area contributed by atoms with Crippen LogP contribution in [0.3, 0.4) is 0 Å². The van der Waals surface area contributed by atoms with Gasteiger partial charge in [0.25, 0.3) is 5.91 Å². The lowest BCUT2D eigenvalue weighted by Gasteiger charge is -2.40. The third-order valence-electron chi connectivity index (χ3n) is 6.62. The van der Waals surface area contributed by atoms with Crippen molar-refractivity contribution in [3.8, 4) is 11.5 Å². The van der Waals surface area contributed by atoms with Crippen LogP contribution in [0.1, 0.15) is 34.3 Å². The fourth-order valence-electron chi connectivity index (χ4n) is 4.79. The molecule has 0 saturated carbocycles. The molecule has 184 valence electrons. The number of carbonyl (C=O) groups excluding carboxylic acids is 1. The zero-order valence-corrected chi connectivity index (χ0v) is 21.1. The van der Waals surface area contributed by atoms with Gasteiger partial charge in [-0.25, -0.2) is 0 Å². The van der Waals surface area contributed by atoms with Crippen LogP contribution in [-0.2, 0) is 12.8 Å². The molecular weight excluding hydrogens is 460 g/mol. The van der Waals surface area contributed by atoms with E-state index in [1.54, 1.807) is 32.4 Å². The highest BCUT2D eigenvalue weighted by Crippen LogP contribution is 2.27. The molecule has 0 bridgehead atoms. The highest BCUT2D eigenvalue weighted by atomic mass is 35.5. The van der Waals surface area contributed by atoms with Gasteiger partial charge in [0.05, 0.1) is 14.2 Å². The number of carbonyl (C=O) groups is 1. The molecule has 1 aliphatic heterocycles. The Kier molecular flexibility index (Phi) is 8.67. The summed E-state index contributed by atoms with van der Waals surface area (Å²) in [5.41, 5.74) is 3.05. The van der Waals surface area contributed by atoms with E-state index in [1.165, 1.54) is 11.1 Å². The third-order valence-corrected chi connectivity index (χ3v) is 6.86. The van der Waals surface area contributed by atoms with Crippen molar-refractivity contribution in [2.24, 2.45) is 0 Å². The number of rotatable bonds is 9. The number of amides is 1. The van der Waals surface area contributed by atoms with Crippen LogP contribution >= 0.6 is 11.6 Å². The Bertz CT molecular complexity index is 1100. The predicted octanol–water partition coefficient (Wildman–Crippen LogP) is 5.41. The van der Waals surface area contributed by atoms with Gasteiger partial charge < -0.3 is 19.7 Å². The molecule has 2 atom stereocenters. The van der Waals surface area contributed by atoms with Gasteiger partial charge >= 0.3 is 0 Å². The Labute approximate surface area is 213 Å². The van der Waals surface area contributed by atoms with E-state index in [1.807, 2.05) is 29.2 Å². The molecule has 5 nitrogen and oxygen atoms in total. The summed E-state index contributed by atoms with van der Waals surface area (Å²) in [6.45, 7) is 1.58. The molecule has 0 aliphatic carbocycles. The third kappa shape index (κ3) is 6.77. The Morgan fingerprint density at radius 3 is 2.37 bits per heavy atom. The van der Waals surface area contributed by atoms with E-state index in [0.717, 1.165) is 37.3 Å². The number of piperidine rings is 1. The second-order valence-electron chi connectivity index (χ2n) is 9.00. The monoisotopic (exact) mass is 492 g/mol. The Morgan fingerprint density at radius 1 is 0.971 bits per heavy atom. The largest absolute Gasteiger partial charge is 0.497 e. The number of methoxy groups -OCH3 is 2. The SMILES string of the molecule is COc1cc(OC)cc(C(=O)N2CC[C@H](NCCc3cccc(Cl)c3)C[C@H]2Cc2ccccc2)c1. The molecule has 0 radical (unpaired) electrons. The lowest BCUT2D eigenvalue weighted by Crippen LogP contribution is -2.52. The molecule has 4 rings (SSSR count). The van der Waals surface area contributed by atoms with E-state index in [0.29, 0.717) is 29.6 Å². The summed E-state index contributed by atoms with van der Waals surface area (Å²) in [7, 11) is 3.20. The highest BCUT2D eigenvalue weighted by Gasteiger charge is 2.32. The van der Waals surface area contributed by atoms with Gasteiger partial charge in [-0.1, -0.05) is 54.1 Å². The first-order valence-electron chi connectivity index (χ1n) is 12.1. The van der Waals surface area contributed by atoms with Crippen molar-refractivity contribution in [2.45, 2.75) is 37.8 Å². The molecule has 0 spiro atoms. The minimum atomic E-state index is 0.0144. The summed E-state index contributed by atoms with van der Waals surface area (Å²) in [6, 6.07) is 24.2. The molecule has 3 aromatic rings. The average molecular weight is 493 g/mol. The van der Waals surface area contributed by atoms with Gasteiger partial charge in [0.15, 0.2) is 0 Å². The van der Waals surface area contributed by atoms with Crippen molar-refractivity contribution in [1.29, 1.82) is 0 Å². The molecule has 1 saturated heterocycles. The van der Waals surface area contributed by atoms with E-state index in [-0.39, 0.29) is 11.9 Å². The standard InChI is InChI=1S/C29H33ClN2O3/c1-34-27-17-23(18-28(20-27)35-2)29(33)32-14-12-25(19-26(32)16-21-7-4-3-5-8-21)31-13-11-22-9-6-10-24(30)15-22/h3-10,15,17-18,20,25-26,31H,11-14,16,19H2,1-2H3/t25-,26+/m0/s1. The van der Waals surface area contributed by atoms with Gasteiger partial charge in [0.2, 0.25) is 0 Å². The zero-order valence-electron chi connectivity index (χ0n) is 20.4. The van der Waals surface area contributed by atoms with E-state index < -0.39 is 0 Å². The summed E-state index contributed by atoms with van der Waals surface area (Å²) in [5, 5.41) is 4.49. The quantitative estimate of drug-likeness (QED) is 0.434. The number of hydrogen-bond acceptors (Lipinski definition) is 4. The molecular formula is C29H33ClN2O3. The van der Waals surface area contributed by atoms with Crippen LogP contribution in [0.25, 0.3) is 0 Å². The molecule has 1 heterocycles. The van der Waals surface area contributed by atoms with E-state index in [2.05, 4.69) is 35.6 Å². The lowest BCUT2D eigenvalue weighted by atomic mass is 9.91. The molecule has 1 N–H and O–H groups in total. The maximum Gasteiger partial charge on any atom is 0.254 e. The summed E-state index contributed by atoms with van der Waals surface area (Å²) in [6.07, 6.45) is 3.55. The molecule has 6 heteroatoms. The Balaban J connectivity index is 1.47. The van der Waals surface area contributed by atoms with Crippen LogP contribution in [0.5, 0.6) is 11.5 Å². The van der Waals surface area contributed by atoms with Crippen molar-refractivity contribution in [3.05, 3.63) is 94.5 Å². The Morgan fingerprint density at radius 2 is 1.69 bits per heavy atom. The van der Waals surface area contributed by atoms with Crippen molar-refractivity contribution >= 4 is 17.5 Å².